The van der Waals surface area contributed by atoms with Gasteiger partial charge >= 0.3 is 12.1 Å². The number of carbonyl (C=O) groups is 4. The molecule has 0 spiro atoms. The van der Waals surface area contributed by atoms with Crippen LogP contribution in [0, 0.1) is 0 Å². The normalized spacial score (nSPS) is 26.7. The van der Waals surface area contributed by atoms with Gasteiger partial charge in [-0.25, -0.2) is 29.5 Å². The summed E-state index contributed by atoms with van der Waals surface area (Å²) < 4.78 is 0. The third-order valence-electron chi connectivity index (χ3n) is 19.6. The highest BCUT2D eigenvalue weighted by Crippen LogP contribution is 2.41. The highest BCUT2D eigenvalue weighted by Gasteiger charge is 2.41. The molecule has 6 aliphatic heterocycles. The number of likely N-dealkylation sites (tertiary alicyclic amines) is 2. The third-order valence-corrected chi connectivity index (χ3v) is 19.6. The molecule has 8 fully saturated rings. The number of benzene rings is 2. The Labute approximate surface area is 482 Å². The van der Waals surface area contributed by atoms with Crippen LogP contribution in [0.1, 0.15) is 123 Å². The average Bonchev–Trinajstić information content (AvgIpc) is 4.11. The second-order valence-corrected chi connectivity index (χ2v) is 25.2. The van der Waals surface area contributed by atoms with Crippen molar-refractivity contribution in [2.45, 2.75) is 138 Å². The predicted octanol–water partition coefficient (Wildman–Crippen LogP) is 5.00. The van der Waals surface area contributed by atoms with E-state index in [1.807, 2.05) is 48.2 Å². The molecule has 2 unspecified atom stereocenters. The Hall–Kier alpha value is -6.88. The molecule has 6 amide bonds. The number of nitrogens with zero attached hydrogens (tertiary/aromatic N) is 12. The Bertz CT molecular complexity index is 2740. The van der Waals surface area contributed by atoms with Gasteiger partial charge in [0.05, 0.1) is 24.5 Å². The van der Waals surface area contributed by atoms with Crippen LogP contribution in [-0.4, -0.2) is 202 Å². The van der Waals surface area contributed by atoms with E-state index in [0.717, 1.165) is 154 Å². The number of urea groups is 2. The third kappa shape index (κ3) is 12.1. The number of anilines is 6. The van der Waals surface area contributed by atoms with Gasteiger partial charge in [0, 0.05) is 102 Å². The number of carbonyl (C=O) groups excluding carboxylic acids is 4. The number of nitrogens with two attached hydrogens (primary N) is 4. The molecule has 22 heteroatoms. The van der Waals surface area contributed by atoms with Crippen molar-refractivity contribution >= 4 is 58.5 Å². The van der Waals surface area contributed by atoms with E-state index in [4.69, 9.17) is 32.9 Å². The number of likely N-dealkylation sites (N-methyl/N-ethyl adjacent to an activating group) is 2. The first-order valence-electron chi connectivity index (χ1n) is 30.0. The lowest BCUT2D eigenvalue weighted by molar-refractivity contribution is 0.0662. The quantitative estimate of drug-likeness (QED) is 0.0970. The molecule has 8 aliphatic rings. The largest absolute Gasteiger partial charge is 0.364 e. The van der Waals surface area contributed by atoms with Crippen LogP contribution >= 0.6 is 0 Å². The van der Waals surface area contributed by atoms with Gasteiger partial charge in [0.15, 0.2) is 23.0 Å². The van der Waals surface area contributed by atoms with Gasteiger partial charge in [-0.15, -0.1) is 0 Å². The summed E-state index contributed by atoms with van der Waals surface area (Å²) in [4.78, 5) is 85.0. The smallest absolute Gasteiger partial charge is 0.320 e. The molecule has 8 heterocycles. The molecule has 22 nitrogen and oxygen atoms in total. The van der Waals surface area contributed by atoms with Crippen LogP contribution in [0.4, 0.5) is 44.2 Å². The number of aromatic nitrogens is 4. The maximum atomic E-state index is 12.6. The first-order chi connectivity index (χ1) is 39.4. The molecule has 440 valence electrons. The van der Waals surface area contributed by atoms with E-state index in [1.165, 1.54) is 11.1 Å². The average molecular weight is 1120 g/mol. The standard InChI is InChI=1S/2C30H43N9O2/c2*1-30(9-12-37(13-10-30)24-16-21(31)17-24)20-5-7-22(8-6-20)34-28-26(27(32)40)33-18-25(35-28)38-11-3-4-23(19-38)39-15-14-36(2)29(39)41/h2*5-8,18,21,23-24H,3-4,9-17,19,31H2,1-2H3,(H2,32,40)(H,34,35). The summed E-state index contributed by atoms with van der Waals surface area (Å²) in [5.74, 6) is 0.783. The van der Waals surface area contributed by atoms with E-state index in [1.54, 1.807) is 22.2 Å². The zero-order valence-corrected chi connectivity index (χ0v) is 48.5. The second kappa shape index (κ2) is 23.8. The van der Waals surface area contributed by atoms with Crippen molar-refractivity contribution in [3.8, 4) is 0 Å². The molecule has 2 aromatic carbocycles. The topological polar surface area (TPSA) is 274 Å². The molecule has 2 aromatic heterocycles. The van der Waals surface area contributed by atoms with Crippen molar-refractivity contribution in [2.75, 3.05) is 113 Å². The van der Waals surface area contributed by atoms with E-state index in [-0.39, 0.29) is 46.4 Å². The number of piperidine rings is 4. The first-order valence-corrected chi connectivity index (χ1v) is 30.0. The zero-order chi connectivity index (χ0) is 57.5. The zero-order valence-electron chi connectivity index (χ0n) is 48.5. The minimum absolute atomic E-state index is 0.0836. The van der Waals surface area contributed by atoms with Crippen molar-refractivity contribution < 1.29 is 19.2 Å². The van der Waals surface area contributed by atoms with Gasteiger partial charge in [-0.1, -0.05) is 38.1 Å². The summed E-state index contributed by atoms with van der Waals surface area (Å²) in [5.41, 5.74) is 28.2. The minimum Gasteiger partial charge on any atom is -0.364 e. The van der Waals surface area contributed by atoms with Crippen molar-refractivity contribution in [3.05, 3.63) is 83.4 Å². The Morgan fingerprint density at radius 2 is 0.890 bits per heavy atom. The number of nitrogens with one attached hydrogen (secondary N) is 2. The van der Waals surface area contributed by atoms with E-state index >= 15 is 0 Å². The lowest BCUT2D eigenvalue weighted by Crippen LogP contribution is -2.54. The maximum absolute atomic E-state index is 12.6. The molecule has 2 atom stereocenters. The number of hydrogen-bond donors (Lipinski definition) is 6. The Morgan fingerprint density at radius 1 is 0.524 bits per heavy atom. The van der Waals surface area contributed by atoms with E-state index in [2.05, 4.69) is 78.3 Å². The van der Waals surface area contributed by atoms with Gasteiger partial charge in [-0.3, -0.25) is 9.59 Å². The van der Waals surface area contributed by atoms with Crippen LogP contribution in [0.5, 0.6) is 0 Å². The summed E-state index contributed by atoms with van der Waals surface area (Å²) in [5, 5.41) is 6.61. The number of amides is 6. The van der Waals surface area contributed by atoms with Crippen LogP contribution < -0.4 is 43.4 Å². The summed E-state index contributed by atoms with van der Waals surface area (Å²) in [7, 11) is 3.69. The summed E-state index contributed by atoms with van der Waals surface area (Å²) in [6.07, 6.45) is 16.1. The van der Waals surface area contributed by atoms with Gasteiger partial charge in [0.25, 0.3) is 11.8 Å². The molecule has 6 saturated heterocycles. The number of rotatable bonds is 14. The van der Waals surface area contributed by atoms with Crippen LogP contribution in [0.15, 0.2) is 60.9 Å². The van der Waals surface area contributed by atoms with Crippen molar-refractivity contribution in [3.63, 3.8) is 0 Å². The van der Waals surface area contributed by atoms with Gasteiger partial charge in [-0.2, -0.15) is 0 Å². The highest BCUT2D eigenvalue weighted by atomic mass is 16.2. The van der Waals surface area contributed by atoms with Gasteiger partial charge in [-0.05, 0) is 149 Å². The molecule has 2 aliphatic carbocycles. The van der Waals surface area contributed by atoms with Crippen LogP contribution in [0.25, 0.3) is 0 Å². The van der Waals surface area contributed by atoms with E-state index in [0.29, 0.717) is 60.5 Å². The molecule has 0 radical (unpaired) electrons. The highest BCUT2D eigenvalue weighted by molar-refractivity contribution is 5.97. The van der Waals surface area contributed by atoms with Crippen molar-refractivity contribution in [2.24, 2.45) is 22.9 Å². The molecular formula is C60H86N18O4. The lowest BCUT2D eigenvalue weighted by Gasteiger charge is -2.47. The molecule has 10 N–H and O–H groups in total. The molecule has 12 rings (SSSR count). The summed E-state index contributed by atoms with van der Waals surface area (Å²) in [6, 6.07) is 19.4. The van der Waals surface area contributed by atoms with Crippen molar-refractivity contribution in [1.29, 1.82) is 0 Å². The fourth-order valence-electron chi connectivity index (χ4n) is 13.8. The van der Waals surface area contributed by atoms with Gasteiger partial charge < -0.3 is 72.8 Å². The van der Waals surface area contributed by atoms with E-state index in [9.17, 15) is 19.2 Å². The number of hydrogen-bond acceptors (Lipinski definition) is 16. The second-order valence-electron chi connectivity index (χ2n) is 25.2. The monoisotopic (exact) mass is 1120 g/mol. The lowest BCUT2D eigenvalue weighted by atomic mass is 9.73. The summed E-state index contributed by atoms with van der Waals surface area (Å²) in [6.45, 7) is 15.2. The first kappa shape index (κ1) is 57.0. The maximum Gasteiger partial charge on any atom is 0.320 e. The molecule has 4 aromatic rings. The molecule has 82 heavy (non-hydrogen) atoms. The molecule has 0 bridgehead atoms. The van der Waals surface area contributed by atoms with Gasteiger partial charge in [0.2, 0.25) is 0 Å². The Kier molecular flexibility index (Phi) is 16.5. The van der Waals surface area contributed by atoms with E-state index < -0.39 is 11.8 Å². The van der Waals surface area contributed by atoms with Crippen molar-refractivity contribution in [1.82, 2.24) is 49.3 Å². The van der Waals surface area contributed by atoms with Crippen LogP contribution in [-0.2, 0) is 10.8 Å². The molecule has 2 saturated carbocycles. The minimum atomic E-state index is -0.628. The fraction of sp³-hybridized carbons (Fsp3) is 0.600. The van der Waals surface area contributed by atoms with Crippen LogP contribution in [0.2, 0.25) is 0 Å². The molecular weight excluding hydrogens is 1040 g/mol. The Morgan fingerprint density at radius 3 is 1.21 bits per heavy atom. The Balaban J connectivity index is 0.000000172. The summed E-state index contributed by atoms with van der Waals surface area (Å²) >= 11 is 0. The van der Waals surface area contributed by atoms with Crippen LogP contribution in [0.3, 0.4) is 0 Å². The predicted molar refractivity (Wildman–Crippen MR) is 319 cm³/mol. The number of primary amides is 2. The SMILES string of the molecule is CN1CCN(C2CCCN(c3cnc(C(N)=O)c(Nc4ccc(C5(C)CCN(C6CC(N)C6)CC5)cc4)n3)C2)C1=O.CN1CCN(C2CCCN(c3cnc(C(N)=O)c(Nc4ccc(C5(C)CCN(C6CC(N)C6)CC5)cc4)n3)C2)C1=O. The fourth-order valence-corrected chi connectivity index (χ4v) is 13.8. The van der Waals surface area contributed by atoms with Gasteiger partial charge in [0.1, 0.15) is 11.6 Å².